The summed E-state index contributed by atoms with van der Waals surface area (Å²) in [6, 6.07) is 5.21. The van der Waals surface area contributed by atoms with E-state index in [4.69, 9.17) is 20.9 Å². The second-order valence-corrected chi connectivity index (χ2v) is 6.04. The number of hydrogen-bond acceptors (Lipinski definition) is 5. The van der Waals surface area contributed by atoms with Crippen molar-refractivity contribution in [2.45, 2.75) is 0 Å². The van der Waals surface area contributed by atoms with E-state index < -0.39 is 23.3 Å². The van der Waals surface area contributed by atoms with Crippen LogP contribution in [-0.4, -0.2) is 18.0 Å². The zero-order valence-corrected chi connectivity index (χ0v) is 14.9. The number of ether oxygens (including phenoxy) is 2. The summed E-state index contributed by atoms with van der Waals surface area (Å²) in [4.78, 5) is 15.8. The van der Waals surface area contributed by atoms with Gasteiger partial charge in [-0.1, -0.05) is 0 Å². The first-order chi connectivity index (χ1) is 12.3. The molecule has 0 fully saturated rings. The maximum absolute atomic E-state index is 14.3. The van der Waals surface area contributed by atoms with Crippen LogP contribution in [0.3, 0.4) is 0 Å². The predicted octanol–water partition coefficient (Wildman–Crippen LogP) is 3.76. The van der Waals surface area contributed by atoms with E-state index in [0.717, 1.165) is 6.07 Å². The third kappa shape index (κ3) is 3.01. The number of pyridine rings is 1. The first kappa shape index (κ1) is 17.9. The number of primary amides is 1. The average Bonchev–Trinajstić information content (AvgIpc) is 2.62. The minimum Gasteiger partial charge on any atom is -0.496 e. The van der Waals surface area contributed by atoms with Crippen LogP contribution in [0.4, 0.5) is 14.5 Å². The largest absolute Gasteiger partial charge is 0.496 e. The van der Waals surface area contributed by atoms with E-state index in [1.54, 1.807) is 0 Å². The maximum atomic E-state index is 14.3. The molecular weight excluding hydrogens is 412 g/mol. The van der Waals surface area contributed by atoms with Crippen LogP contribution in [0.2, 0.25) is 0 Å². The van der Waals surface area contributed by atoms with Crippen molar-refractivity contribution in [2.75, 3.05) is 12.8 Å². The van der Waals surface area contributed by atoms with Crippen molar-refractivity contribution in [3.8, 4) is 17.2 Å². The molecule has 0 bridgehead atoms. The molecule has 0 radical (unpaired) electrons. The van der Waals surface area contributed by atoms with Gasteiger partial charge in [0.2, 0.25) is 0 Å². The Kier molecular flexibility index (Phi) is 4.64. The molecule has 0 saturated carbocycles. The number of amides is 1. The number of halogens is 3. The third-order valence-corrected chi connectivity index (χ3v) is 4.45. The fourth-order valence-corrected chi connectivity index (χ4v) is 2.69. The number of nitrogens with zero attached hydrogens (tertiary/aromatic N) is 1. The molecule has 26 heavy (non-hydrogen) atoms. The molecule has 9 heteroatoms. The van der Waals surface area contributed by atoms with Gasteiger partial charge in [-0.2, -0.15) is 0 Å². The minimum atomic E-state index is -0.990. The lowest BCUT2D eigenvalue weighted by molar-refractivity contribution is 0.0997. The first-order valence-corrected chi connectivity index (χ1v) is 8.00. The number of nitrogen functional groups attached to an aromatic ring is 1. The van der Waals surface area contributed by atoms with Crippen LogP contribution >= 0.6 is 15.9 Å². The summed E-state index contributed by atoms with van der Waals surface area (Å²) in [6.07, 6.45) is 1.39. The summed E-state index contributed by atoms with van der Waals surface area (Å²) in [5.74, 6) is -3.04. The van der Waals surface area contributed by atoms with Gasteiger partial charge in [0, 0.05) is 23.7 Å². The van der Waals surface area contributed by atoms with Gasteiger partial charge in [0.25, 0.3) is 5.91 Å². The topological polar surface area (TPSA) is 100 Å². The zero-order valence-electron chi connectivity index (χ0n) is 13.3. The highest BCUT2D eigenvalue weighted by atomic mass is 79.9. The SMILES string of the molecule is COc1cc2nccc(Oc3c(F)cc(N)c(Br)c3F)c2cc1C(N)=O. The van der Waals surface area contributed by atoms with Gasteiger partial charge in [0.1, 0.15) is 11.5 Å². The molecule has 3 rings (SSSR count). The second kappa shape index (κ2) is 6.75. The molecule has 0 aliphatic heterocycles. The lowest BCUT2D eigenvalue weighted by Crippen LogP contribution is -2.12. The van der Waals surface area contributed by atoms with E-state index in [2.05, 4.69) is 20.9 Å². The van der Waals surface area contributed by atoms with Gasteiger partial charge in [0.15, 0.2) is 17.4 Å². The Morgan fingerprint density at radius 3 is 2.62 bits per heavy atom. The van der Waals surface area contributed by atoms with Crippen LogP contribution in [0.1, 0.15) is 10.4 Å². The van der Waals surface area contributed by atoms with Crippen LogP contribution < -0.4 is 20.9 Å². The zero-order chi connectivity index (χ0) is 19.0. The predicted molar refractivity (Wildman–Crippen MR) is 95.4 cm³/mol. The van der Waals surface area contributed by atoms with Gasteiger partial charge in [-0.3, -0.25) is 9.78 Å². The standard InChI is InChI=1S/C17H12BrF2N3O3/c1-25-13-6-11-7(4-8(13)17(22)24)12(2-3-23-11)26-16-9(19)5-10(21)14(18)15(16)20/h2-6H,21H2,1H3,(H2,22,24). The molecule has 1 heterocycles. The van der Waals surface area contributed by atoms with E-state index in [1.165, 1.54) is 31.5 Å². The van der Waals surface area contributed by atoms with E-state index in [0.29, 0.717) is 10.9 Å². The van der Waals surface area contributed by atoms with E-state index in [-0.39, 0.29) is 27.2 Å². The number of anilines is 1. The second-order valence-electron chi connectivity index (χ2n) is 5.25. The molecule has 0 aliphatic rings. The fourth-order valence-electron chi connectivity index (χ4n) is 2.40. The van der Waals surface area contributed by atoms with Crippen LogP contribution in [0.5, 0.6) is 17.2 Å². The van der Waals surface area contributed by atoms with Gasteiger partial charge in [-0.25, -0.2) is 8.78 Å². The molecule has 2 aromatic carbocycles. The van der Waals surface area contributed by atoms with Gasteiger partial charge >= 0.3 is 0 Å². The number of aromatic nitrogens is 1. The van der Waals surface area contributed by atoms with Crippen molar-refractivity contribution >= 4 is 38.4 Å². The number of benzene rings is 2. The summed E-state index contributed by atoms with van der Waals surface area (Å²) >= 11 is 2.94. The molecule has 0 saturated heterocycles. The van der Waals surface area contributed by atoms with Gasteiger partial charge in [-0.15, -0.1) is 0 Å². The quantitative estimate of drug-likeness (QED) is 0.491. The molecule has 1 amide bonds. The summed E-state index contributed by atoms with van der Waals surface area (Å²) in [6.45, 7) is 0. The average molecular weight is 424 g/mol. The van der Waals surface area contributed by atoms with Gasteiger partial charge < -0.3 is 20.9 Å². The number of fused-ring (bicyclic) bond motifs is 1. The van der Waals surface area contributed by atoms with Crippen molar-refractivity contribution in [3.63, 3.8) is 0 Å². The van der Waals surface area contributed by atoms with E-state index in [1.807, 2.05) is 0 Å². The number of hydrogen-bond donors (Lipinski definition) is 2. The third-order valence-electron chi connectivity index (χ3n) is 3.64. The van der Waals surface area contributed by atoms with Crippen molar-refractivity contribution < 1.29 is 23.0 Å². The maximum Gasteiger partial charge on any atom is 0.252 e. The Bertz CT molecular complexity index is 1040. The monoisotopic (exact) mass is 423 g/mol. The Balaban J connectivity index is 2.19. The molecule has 6 nitrogen and oxygen atoms in total. The number of nitrogens with two attached hydrogens (primary N) is 2. The Labute approximate surface area is 154 Å². The van der Waals surface area contributed by atoms with Crippen molar-refractivity contribution in [1.29, 1.82) is 0 Å². The van der Waals surface area contributed by atoms with Gasteiger partial charge in [0.05, 0.1) is 28.4 Å². The highest BCUT2D eigenvalue weighted by Gasteiger charge is 2.20. The van der Waals surface area contributed by atoms with Crippen LogP contribution in [-0.2, 0) is 0 Å². The molecule has 0 spiro atoms. The molecular formula is C17H12BrF2N3O3. The van der Waals surface area contributed by atoms with E-state index in [9.17, 15) is 13.6 Å². The summed E-state index contributed by atoms with van der Waals surface area (Å²) < 4.78 is 38.9. The van der Waals surface area contributed by atoms with Crippen LogP contribution in [0.15, 0.2) is 34.9 Å². The lowest BCUT2D eigenvalue weighted by atomic mass is 10.1. The smallest absolute Gasteiger partial charge is 0.252 e. The summed E-state index contributed by atoms with van der Waals surface area (Å²) in [7, 11) is 1.38. The highest BCUT2D eigenvalue weighted by Crippen LogP contribution is 2.38. The molecule has 0 atom stereocenters. The molecule has 0 aliphatic carbocycles. The van der Waals surface area contributed by atoms with E-state index >= 15 is 0 Å². The molecule has 134 valence electrons. The highest BCUT2D eigenvalue weighted by molar-refractivity contribution is 9.10. The Hall–Kier alpha value is -2.94. The van der Waals surface area contributed by atoms with Crippen LogP contribution in [0, 0.1) is 11.6 Å². The lowest BCUT2D eigenvalue weighted by Gasteiger charge is -2.13. The first-order valence-electron chi connectivity index (χ1n) is 7.20. The summed E-state index contributed by atoms with van der Waals surface area (Å²) in [5.41, 5.74) is 11.2. The van der Waals surface area contributed by atoms with Gasteiger partial charge in [-0.05, 0) is 28.1 Å². The summed E-state index contributed by atoms with van der Waals surface area (Å²) in [5, 5.41) is 0.328. The van der Waals surface area contributed by atoms with Crippen molar-refractivity contribution in [2.24, 2.45) is 5.73 Å². The number of methoxy groups -OCH3 is 1. The number of carbonyl (C=O) groups excluding carboxylic acids is 1. The normalized spacial score (nSPS) is 10.8. The van der Waals surface area contributed by atoms with Crippen molar-refractivity contribution in [3.05, 3.63) is 52.1 Å². The number of carbonyl (C=O) groups is 1. The van der Waals surface area contributed by atoms with Crippen molar-refractivity contribution in [1.82, 2.24) is 4.98 Å². The number of rotatable bonds is 4. The Morgan fingerprint density at radius 2 is 1.96 bits per heavy atom. The minimum absolute atomic E-state index is 0.0784. The molecule has 4 N–H and O–H groups in total. The Morgan fingerprint density at radius 1 is 1.23 bits per heavy atom. The fraction of sp³-hybridized carbons (Fsp3) is 0.0588. The molecule has 1 aromatic heterocycles. The van der Waals surface area contributed by atoms with Crippen LogP contribution in [0.25, 0.3) is 10.9 Å². The molecule has 3 aromatic rings. The molecule has 0 unspecified atom stereocenters.